The molecule has 0 rings (SSSR count). The quantitative estimate of drug-likeness (QED) is 0.0262. The molecule has 398 valence electrons. The second-order valence-electron chi connectivity index (χ2n) is 19.5. The third-order valence-corrected chi connectivity index (χ3v) is 12.7. The fourth-order valence-corrected chi connectivity index (χ4v) is 8.18. The Hall–Kier alpha value is -3.15. The molecule has 0 heterocycles. The van der Waals surface area contributed by atoms with Gasteiger partial charge >= 0.3 is 17.9 Å². The van der Waals surface area contributed by atoms with Crippen LogP contribution in [0.15, 0.2) is 72.9 Å². The molecule has 0 bridgehead atoms. The van der Waals surface area contributed by atoms with E-state index in [2.05, 4.69) is 93.7 Å². The fourth-order valence-electron chi connectivity index (χ4n) is 8.18. The van der Waals surface area contributed by atoms with Gasteiger partial charge in [-0.2, -0.15) is 0 Å². The van der Waals surface area contributed by atoms with E-state index in [-0.39, 0.29) is 31.1 Å². The largest absolute Gasteiger partial charge is 0.462 e. The molecule has 0 aromatic carbocycles. The zero-order valence-corrected chi connectivity index (χ0v) is 45.6. The van der Waals surface area contributed by atoms with E-state index < -0.39 is 6.10 Å². The SMILES string of the molecule is CCCCC/C=C/C/C=C/C/C=C/CCCCCCC(=O)OC[C@@H](COC(=O)CCCCCCCCC/C=C/CCCCCCCC)OC(=O)CCCCCCCCC/C=C/C/C=C/CCCCC. The van der Waals surface area contributed by atoms with E-state index >= 15 is 0 Å². The molecule has 1 atom stereocenters. The van der Waals surface area contributed by atoms with Crippen LogP contribution in [0.4, 0.5) is 0 Å². The van der Waals surface area contributed by atoms with E-state index in [1.54, 1.807) is 0 Å². The zero-order chi connectivity index (χ0) is 50.0. The number of unbranched alkanes of at least 4 members (excludes halogenated alkanes) is 30. The van der Waals surface area contributed by atoms with Crippen molar-refractivity contribution in [2.45, 2.75) is 297 Å². The highest BCUT2D eigenvalue weighted by molar-refractivity contribution is 5.71. The number of rotatable bonds is 53. The molecule has 6 heteroatoms. The average Bonchev–Trinajstić information content (AvgIpc) is 3.35. The highest BCUT2D eigenvalue weighted by Crippen LogP contribution is 2.15. The Labute approximate surface area is 427 Å². The van der Waals surface area contributed by atoms with E-state index in [0.29, 0.717) is 19.3 Å². The maximum Gasteiger partial charge on any atom is 0.306 e. The van der Waals surface area contributed by atoms with Gasteiger partial charge in [0, 0.05) is 19.3 Å². The van der Waals surface area contributed by atoms with Crippen LogP contribution in [0.5, 0.6) is 0 Å². The summed E-state index contributed by atoms with van der Waals surface area (Å²) in [6.07, 6.45) is 73.1. The third kappa shape index (κ3) is 55.6. The Morgan fingerprint density at radius 3 is 0.855 bits per heavy atom. The first kappa shape index (κ1) is 65.8. The molecule has 0 aliphatic carbocycles. The third-order valence-electron chi connectivity index (χ3n) is 12.7. The lowest BCUT2D eigenvalue weighted by molar-refractivity contribution is -0.167. The number of ether oxygens (including phenoxy) is 3. The van der Waals surface area contributed by atoms with E-state index in [9.17, 15) is 14.4 Å². The van der Waals surface area contributed by atoms with Gasteiger partial charge in [-0.05, 0) is 116 Å². The smallest absolute Gasteiger partial charge is 0.306 e. The molecule has 69 heavy (non-hydrogen) atoms. The monoisotopic (exact) mass is 963 g/mol. The summed E-state index contributed by atoms with van der Waals surface area (Å²) in [4.78, 5) is 38.2. The van der Waals surface area contributed by atoms with Crippen molar-refractivity contribution >= 4 is 17.9 Å². The summed E-state index contributed by atoms with van der Waals surface area (Å²) >= 11 is 0. The molecular formula is C63H110O6. The summed E-state index contributed by atoms with van der Waals surface area (Å²) in [6, 6.07) is 0. The van der Waals surface area contributed by atoms with Crippen LogP contribution < -0.4 is 0 Å². The van der Waals surface area contributed by atoms with Gasteiger partial charge < -0.3 is 14.2 Å². The predicted molar refractivity (Wildman–Crippen MR) is 298 cm³/mol. The Morgan fingerprint density at radius 2 is 0.522 bits per heavy atom. The lowest BCUT2D eigenvalue weighted by Crippen LogP contribution is -2.30. The van der Waals surface area contributed by atoms with Gasteiger partial charge in [0.15, 0.2) is 6.10 Å². The first-order valence-corrected chi connectivity index (χ1v) is 29.4. The molecule has 6 nitrogen and oxygen atoms in total. The van der Waals surface area contributed by atoms with Crippen LogP contribution in [0.25, 0.3) is 0 Å². The molecule has 0 aliphatic rings. The van der Waals surface area contributed by atoms with Crippen LogP contribution in [0, 0.1) is 0 Å². The highest BCUT2D eigenvalue weighted by Gasteiger charge is 2.19. The molecular weight excluding hydrogens is 853 g/mol. The molecule has 0 spiro atoms. The Morgan fingerprint density at radius 1 is 0.290 bits per heavy atom. The molecule has 0 saturated carbocycles. The lowest BCUT2D eigenvalue weighted by Gasteiger charge is -2.18. The summed E-state index contributed by atoms with van der Waals surface area (Å²) < 4.78 is 16.9. The van der Waals surface area contributed by atoms with Gasteiger partial charge in [0.1, 0.15) is 13.2 Å². The standard InChI is InChI=1S/C63H110O6/c1-4-7-10-13-16-19-22-25-28-31-34-37-40-43-46-49-52-55-61(64)67-58-60(69-63(66)57-54-51-48-45-42-39-36-33-30-27-24-21-18-15-12-9-6-3)59-68-62(65)56-53-50-47-44-41-38-35-32-29-26-23-20-17-14-11-8-5-2/h16,18-19,21,25-30,34,37,60H,4-15,17,20,22-24,31-33,35-36,38-59H2,1-3H3/b19-16+,21-18+,28-25+,29-26+,30-27+,37-34+/t60-/m0/s1. The molecule has 0 aliphatic heterocycles. The van der Waals surface area contributed by atoms with Crippen molar-refractivity contribution in [3.8, 4) is 0 Å². The normalized spacial score (nSPS) is 12.6. The fraction of sp³-hybridized carbons (Fsp3) is 0.762. The number of allylic oxidation sites excluding steroid dienone is 12. The summed E-state index contributed by atoms with van der Waals surface area (Å²) in [6.45, 7) is 6.57. The second-order valence-corrected chi connectivity index (χ2v) is 19.5. The minimum atomic E-state index is -0.791. The molecule has 0 unspecified atom stereocenters. The van der Waals surface area contributed by atoms with Gasteiger partial charge in [0.2, 0.25) is 0 Å². The summed E-state index contributed by atoms with van der Waals surface area (Å²) in [7, 11) is 0. The van der Waals surface area contributed by atoms with Gasteiger partial charge in [0.25, 0.3) is 0 Å². The van der Waals surface area contributed by atoms with Crippen LogP contribution >= 0.6 is 0 Å². The van der Waals surface area contributed by atoms with Crippen molar-refractivity contribution in [2.24, 2.45) is 0 Å². The maximum absolute atomic E-state index is 12.9. The van der Waals surface area contributed by atoms with E-state index in [4.69, 9.17) is 14.2 Å². The van der Waals surface area contributed by atoms with E-state index in [0.717, 1.165) is 96.3 Å². The van der Waals surface area contributed by atoms with Crippen LogP contribution in [0.1, 0.15) is 290 Å². The van der Waals surface area contributed by atoms with Crippen LogP contribution in [-0.2, 0) is 28.6 Å². The van der Waals surface area contributed by atoms with Gasteiger partial charge in [-0.25, -0.2) is 0 Å². The molecule has 0 saturated heterocycles. The van der Waals surface area contributed by atoms with Crippen molar-refractivity contribution in [1.29, 1.82) is 0 Å². The topological polar surface area (TPSA) is 78.9 Å². The van der Waals surface area contributed by atoms with Gasteiger partial charge in [-0.3, -0.25) is 14.4 Å². The zero-order valence-electron chi connectivity index (χ0n) is 45.6. The summed E-state index contributed by atoms with van der Waals surface area (Å²) in [5, 5.41) is 0. The van der Waals surface area contributed by atoms with Crippen molar-refractivity contribution < 1.29 is 28.6 Å². The summed E-state index contributed by atoms with van der Waals surface area (Å²) in [5.74, 6) is -0.913. The average molecular weight is 964 g/mol. The van der Waals surface area contributed by atoms with Crippen molar-refractivity contribution in [2.75, 3.05) is 13.2 Å². The first-order valence-electron chi connectivity index (χ1n) is 29.4. The Kier molecular flexibility index (Phi) is 54.8. The molecule has 0 aromatic rings. The van der Waals surface area contributed by atoms with Crippen LogP contribution in [-0.4, -0.2) is 37.2 Å². The first-order chi connectivity index (χ1) is 34.0. The highest BCUT2D eigenvalue weighted by atomic mass is 16.6. The molecule has 0 fully saturated rings. The number of hydrogen-bond acceptors (Lipinski definition) is 6. The van der Waals surface area contributed by atoms with Gasteiger partial charge in [0.05, 0.1) is 0 Å². The molecule has 0 N–H and O–H groups in total. The maximum atomic E-state index is 12.9. The number of esters is 3. The number of hydrogen-bond donors (Lipinski definition) is 0. The molecule has 0 aromatic heterocycles. The Bertz CT molecular complexity index is 1290. The van der Waals surface area contributed by atoms with E-state index in [1.165, 1.54) is 154 Å². The van der Waals surface area contributed by atoms with Crippen LogP contribution in [0.3, 0.4) is 0 Å². The van der Waals surface area contributed by atoms with E-state index in [1.807, 2.05) is 0 Å². The molecule has 0 radical (unpaired) electrons. The molecule has 0 amide bonds. The minimum Gasteiger partial charge on any atom is -0.462 e. The van der Waals surface area contributed by atoms with Crippen molar-refractivity contribution in [3.05, 3.63) is 72.9 Å². The number of carbonyl (C=O) groups excluding carboxylic acids is 3. The van der Waals surface area contributed by atoms with Crippen molar-refractivity contribution in [3.63, 3.8) is 0 Å². The van der Waals surface area contributed by atoms with Gasteiger partial charge in [-0.15, -0.1) is 0 Å². The lowest BCUT2D eigenvalue weighted by atomic mass is 10.1. The summed E-state index contributed by atoms with van der Waals surface area (Å²) in [5.41, 5.74) is 0. The number of carbonyl (C=O) groups is 3. The Balaban J connectivity index is 4.44. The minimum absolute atomic E-state index is 0.0876. The predicted octanol–water partition coefficient (Wildman–Crippen LogP) is 19.8. The van der Waals surface area contributed by atoms with Crippen LogP contribution in [0.2, 0.25) is 0 Å². The second kappa shape index (κ2) is 57.4. The van der Waals surface area contributed by atoms with Gasteiger partial charge in [-0.1, -0.05) is 229 Å². The van der Waals surface area contributed by atoms with Crippen molar-refractivity contribution in [1.82, 2.24) is 0 Å².